The summed E-state index contributed by atoms with van der Waals surface area (Å²) in [6.45, 7) is -0.383. The minimum Gasteiger partial charge on any atom is -0.394 e. The molecule has 1 aliphatic rings. The van der Waals surface area contributed by atoms with Crippen LogP contribution < -0.4 is 0 Å². The fraction of sp³-hybridized carbons (Fsp3) is 0.500. The van der Waals surface area contributed by atoms with Crippen molar-refractivity contribution in [2.45, 2.75) is 24.5 Å². The summed E-state index contributed by atoms with van der Waals surface area (Å²) >= 11 is 0. The van der Waals surface area contributed by atoms with E-state index in [9.17, 15) is 15.0 Å². The van der Waals surface area contributed by atoms with E-state index < -0.39 is 24.5 Å². The van der Waals surface area contributed by atoms with Crippen LogP contribution in [0.3, 0.4) is 0 Å². The van der Waals surface area contributed by atoms with E-state index in [4.69, 9.17) is 9.84 Å². The SMILES string of the molecule is O=Cc1cccn1[C@@H]1O[C@H](CO)C(O)C1O. The van der Waals surface area contributed by atoms with Gasteiger partial charge in [-0.25, -0.2) is 0 Å². The summed E-state index contributed by atoms with van der Waals surface area (Å²) in [5.41, 5.74) is 0.342. The Morgan fingerprint density at radius 1 is 1.44 bits per heavy atom. The molecule has 1 aromatic heterocycles. The number of aliphatic hydroxyl groups is 3. The maximum atomic E-state index is 10.7. The zero-order valence-electron chi connectivity index (χ0n) is 8.43. The molecule has 2 heterocycles. The summed E-state index contributed by atoms with van der Waals surface area (Å²) in [5.74, 6) is 0. The monoisotopic (exact) mass is 227 g/mol. The van der Waals surface area contributed by atoms with Crippen LogP contribution >= 0.6 is 0 Å². The fourth-order valence-electron chi connectivity index (χ4n) is 1.85. The Bertz CT molecular complexity index is 377. The van der Waals surface area contributed by atoms with Crippen LogP contribution in [0, 0.1) is 0 Å². The molecule has 3 N–H and O–H groups in total. The van der Waals surface area contributed by atoms with Gasteiger partial charge in [0.15, 0.2) is 12.5 Å². The van der Waals surface area contributed by atoms with E-state index in [1.165, 1.54) is 4.57 Å². The molecule has 1 aliphatic heterocycles. The molecule has 6 heteroatoms. The molecule has 0 saturated carbocycles. The summed E-state index contributed by atoms with van der Waals surface area (Å²) in [7, 11) is 0. The highest BCUT2D eigenvalue weighted by Crippen LogP contribution is 2.30. The van der Waals surface area contributed by atoms with Gasteiger partial charge in [0.1, 0.15) is 18.3 Å². The van der Waals surface area contributed by atoms with Crippen molar-refractivity contribution in [2.75, 3.05) is 6.61 Å². The van der Waals surface area contributed by atoms with Gasteiger partial charge in [0.25, 0.3) is 0 Å². The number of carbonyl (C=O) groups is 1. The summed E-state index contributed by atoms with van der Waals surface area (Å²) in [6.07, 6.45) is -1.79. The van der Waals surface area contributed by atoms with Gasteiger partial charge in [0, 0.05) is 6.20 Å². The largest absolute Gasteiger partial charge is 0.394 e. The average Bonchev–Trinajstić information content (AvgIpc) is 2.86. The van der Waals surface area contributed by atoms with Gasteiger partial charge >= 0.3 is 0 Å². The van der Waals surface area contributed by atoms with Crippen LogP contribution in [-0.2, 0) is 4.74 Å². The molecule has 0 spiro atoms. The van der Waals surface area contributed by atoms with Gasteiger partial charge in [-0.1, -0.05) is 0 Å². The second-order valence-electron chi connectivity index (χ2n) is 3.69. The van der Waals surface area contributed by atoms with E-state index in [2.05, 4.69) is 0 Å². The zero-order chi connectivity index (χ0) is 11.7. The molecule has 88 valence electrons. The topological polar surface area (TPSA) is 91.9 Å². The van der Waals surface area contributed by atoms with E-state index in [0.717, 1.165) is 0 Å². The Labute approximate surface area is 91.7 Å². The predicted octanol–water partition coefficient (Wildman–Crippen LogP) is -1.09. The van der Waals surface area contributed by atoms with Crippen molar-refractivity contribution >= 4 is 6.29 Å². The lowest BCUT2D eigenvalue weighted by Gasteiger charge is -2.17. The third-order valence-electron chi connectivity index (χ3n) is 2.72. The molecule has 2 rings (SSSR count). The minimum atomic E-state index is -1.16. The second-order valence-corrected chi connectivity index (χ2v) is 3.69. The lowest BCUT2D eigenvalue weighted by molar-refractivity contribution is -0.0530. The van der Waals surface area contributed by atoms with Gasteiger partial charge in [0.05, 0.1) is 12.3 Å². The van der Waals surface area contributed by atoms with Crippen LogP contribution in [0.2, 0.25) is 0 Å². The predicted molar refractivity (Wildman–Crippen MR) is 52.8 cm³/mol. The first-order valence-electron chi connectivity index (χ1n) is 4.93. The standard InChI is InChI=1S/C10H13NO5/c12-4-6-2-1-3-11(6)10-9(15)8(14)7(5-13)16-10/h1-4,7-10,13-15H,5H2/t7-,8?,9?,10-/m1/s1. The smallest absolute Gasteiger partial charge is 0.166 e. The van der Waals surface area contributed by atoms with Crippen molar-refractivity contribution in [3.8, 4) is 0 Å². The van der Waals surface area contributed by atoms with Crippen LogP contribution in [0.1, 0.15) is 16.7 Å². The van der Waals surface area contributed by atoms with Gasteiger partial charge in [0.2, 0.25) is 0 Å². The molecular formula is C10H13NO5. The fourth-order valence-corrected chi connectivity index (χ4v) is 1.85. The van der Waals surface area contributed by atoms with Gasteiger partial charge in [-0.05, 0) is 12.1 Å². The van der Waals surface area contributed by atoms with Crippen LogP contribution in [0.25, 0.3) is 0 Å². The lowest BCUT2D eigenvalue weighted by Crippen LogP contribution is -2.33. The van der Waals surface area contributed by atoms with Crippen molar-refractivity contribution in [1.29, 1.82) is 0 Å². The number of aliphatic hydroxyl groups excluding tert-OH is 3. The van der Waals surface area contributed by atoms with Crippen LogP contribution in [0.5, 0.6) is 0 Å². The summed E-state index contributed by atoms with van der Waals surface area (Å²) in [5, 5.41) is 28.2. The number of hydrogen-bond acceptors (Lipinski definition) is 5. The maximum absolute atomic E-state index is 10.7. The van der Waals surface area contributed by atoms with Crippen molar-refractivity contribution in [2.24, 2.45) is 0 Å². The third kappa shape index (κ3) is 1.65. The molecule has 0 aromatic carbocycles. The first-order chi connectivity index (χ1) is 7.69. The van der Waals surface area contributed by atoms with E-state index in [-0.39, 0.29) is 6.61 Å². The van der Waals surface area contributed by atoms with Gasteiger partial charge in [-0.15, -0.1) is 0 Å². The number of rotatable bonds is 3. The highest BCUT2D eigenvalue weighted by atomic mass is 16.6. The molecule has 1 aromatic rings. The second kappa shape index (κ2) is 4.34. The molecule has 1 fully saturated rings. The van der Waals surface area contributed by atoms with E-state index in [1.54, 1.807) is 18.3 Å². The van der Waals surface area contributed by atoms with Crippen molar-refractivity contribution < 1.29 is 24.9 Å². The van der Waals surface area contributed by atoms with Crippen molar-refractivity contribution in [3.05, 3.63) is 24.0 Å². The summed E-state index contributed by atoms with van der Waals surface area (Å²) in [4.78, 5) is 10.7. The third-order valence-corrected chi connectivity index (χ3v) is 2.72. The average molecular weight is 227 g/mol. The number of aldehydes is 1. The van der Waals surface area contributed by atoms with E-state index in [0.29, 0.717) is 12.0 Å². The minimum absolute atomic E-state index is 0.342. The molecule has 16 heavy (non-hydrogen) atoms. The quantitative estimate of drug-likeness (QED) is 0.571. The molecule has 4 atom stereocenters. The highest BCUT2D eigenvalue weighted by Gasteiger charge is 2.43. The van der Waals surface area contributed by atoms with Crippen LogP contribution in [0.4, 0.5) is 0 Å². The molecule has 0 aliphatic carbocycles. The van der Waals surface area contributed by atoms with Gasteiger partial charge in [-0.2, -0.15) is 0 Å². The van der Waals surface area contributed by atoms with Gasteiger partial charge in [-0.3, -0.25) is 4.79 Å². The van der Waals surface area contributed by atoms with Crippen LogP contribution in [-0.4, -0.2) is 51.1 Å². The summed E-state index contributed by atoms with van der Waals surface area (Å²) < 4.78 is 6.70. The van der Waals surface area contributed by atoms with Crippen LogP contribution in [0.15, 0.2) is 18.3 Å². The number of aromatic nitrogens is 1. The molecule has 2 unspecified atom stereocenters. The molecule has 0 radical (unpaired) electrons. The van der Waals surface area contributed by atoms with Crippen molar-refractivity contribution in [1.82, 2.24) is 4.57 Å². The normalized spacial score (nSPS) is 34.2. The molecule has 6 nitrogen and oxygen atoms in total. The van der Waals surface area contributed by atoms with E-state index >= 15 is 0 Å². The van der Waals surface area contributed by atoms with E-state index in [1.807, 2.05) is 0 Å². The number of ether oxygens (including phenoxy) is 1. The Hall–Kier alpha value is -1.21. The number of hydrogen-bond donors (Lipinski definition) is 3. The Kier molecular flexibility index (Phi) is 3.06. The molecule has 1 saturated heterocycles. The van der Waals surface area contributed by atoms with Crippen molar-refractivity contribution in [3.63, 3.8) is 0 Å². The first kappa shape index (κ1) is 11.3. The molecule has 0 bridgehead atoms. The Morgan fingerprint density at radius 2 is 2.19 bits per heavy atom. The lowest BCUT2D eigenvalue weighted by atomic mass is 10.1. The Balaban J connectivity index is 2.26. The first-order valence-corrected chi connectivity index (χ1v) is 4.93. The van der Waals surface area contributed by atoms with Gasteiger partial charge < -0.3 is 24.6 Å². The zero-order valence-corrected chi connectivity index (χ0v) is 8.43. The number of carbonyl (C=O) groups excluding carboxylic acids is 1. The maximum Gasteiger partial charge on any atom is 0.166 e. The highest BCUT2D eigenvalue weighted by molar-refractivity contribution is 5.72. The Morgan fingerprint density at radius 3 is 2.75 bits per heavy atom. The number of nitrogens with zero attached hydrogens (tertiary/aromatic N) is 1. The molecular weight excluding hydrogens is 214 g/mol. The molecule has 0 amide bonds. The summed E-state index contributed by atoms with van der Waals surface area (Å²) in [6, 6.07) is 3.21.